The molecule has 1 aromatic heterocycles. The zero-order valence-electron chi connectivity index (χ0n) is 34.0. The average Bonchev–Trinajstić information content (AvgIpc) is 3.36. The number of anilines is 6. The Balaban J connectivity index is 1.24. The summed E-state index contributed by atoms with van der Waals surface area (Å²) < 4.78 is 0. The Morgan fingerprint density at radius 3 is 1.27 bits per heavy atom. The molecule has 0 aliphatic rings. The van der Waals surface area contributed by atoms with Crippen molar-refractivity contribution in [3.63, 3.8) is 0 Å². The normalized spacial score (nSPS) is 10.9. The molecular weight excluding hydrogens is 753 g/mol. The van der Waals surface area contributed by atoms with Gasteiger partial charge in [0.2, 0.25) is 0 Å². The van der Waals surface area contributed by atoms with Crippen LogP contribution in [-0.2, 0) is 0 Å². The minimum Gasteiger partial charge on any atom is -0.310 e. The monoisotopic (exact) mass is 794 g/mol. The molecule has 9 aromatic carbocycles. The Labute approximate surface area is 363 Å². The van der Waals surface area contributed by atoms with E-state index in [2.05, 4.69) is 240 Å². The van der Waals surface area contributed by atoms with Gasteiger partial charge in [-0.25, -0.2) is 9.97 Å². The molecule has 0 aliphatic heterocycles. The number of rotatable bonds is 11. The van der Waals surface area contributed by atoms with E-state index in [1.54, 1.807) is 0 Å². The highest BCUT2D eigenvalue weighted by molar-refractivity contribution is 5.99. The maximum absolute atomic E-state index is 5.39. The molecule has 0 fully saturated rings. The molecule has 1 heterocycles. The molecule has 0 N–H and O–H groups in total. The molecule has 0 atom stereocenters. The van der Waals surface area contributed by atoms with Gasteiger partial charge in [-0.2, -0.15) is 0 Å². The minimum atomic E-state index is 0.651. The van der Waals surface area contributed by atoms with E-state index in [-0.39, 0.29) is 0 Å². The summed E-state index contributed by atoms with van der Waals surface area (Å²) in [7, 11) is 0. The fourth-order valence-electron chi connectivity index (χ4n) is 8.11. The Bertz CT molecular complexity index is 2970. The molecule has 0 bridgehead atoms. The molecule has 294 valence electrons. The number of nitrogens with zero attached hydrogens (tertiary/aromatic N) is 4. The number of para-hydroxylation sites is 1. The zero-order chi connectivity index (χ0) is 41.5. The van der Waals surface area contributed by atoms with Crippen molar-refractivity contribution >= 4 is 34.3 Å². The van der Waals surface area contributed by atoms with Crippen molar-refractivity contribution in [2.24, 2.45) is 0 Å². The van der Waals surface area contributed by atoms with Crippen molar-refractivity contribution in [3.05, 3.63) is 255 Å². The van der Waals surface area contributed by atoms with Gasteiger partial charge >= 0.3 is 0 Å². The van der Waals surface area contributed by atoms with Gasteiger partial charge in [0, 0.05) is 39.8 Å². The summed E-state index contributed by atoms with van der Waals surface area (Å²) in [6.45, 7) is 0. The van der Waals surface area contributed by atoms with E-state index in [1.807, 2.05) is 24.3 Å². The largest absolute Gasteiger partial charge is 0.310 e. The van der Waals surface area contributed by atoms with Crippen LogP contribution in [0, 0.1) is 0 Å². The van der Waals surface area contributed by atoms with Crippen LogP contribution in [0.1, 0.15) is 0 Å². The zero-order valence-corrected chi connectivity index (χ0v) is 34.0. The maximum atomic E-state index is 5.39. The van der Waals surface area contributed by atoms with Gasteiger partial charge in [-0.1, -0.05) is 200 Å². The molecule has 10 rings (SSSR count). The predicted molar refractivity (Wildman–Crippen MR) is 259 cm³/mol. The Hall–Kier alpha value is -8.34. The quantitative estimate of drug-likeness (QED) is 0.131. The lowest BCUT2D eigenvalue weighted by molar-refractivity contribution is 1.12. The average molecular weight is 795 g/mol. The van der Waals surface area contributed by atoms with Gasteiger partial charge in [-0.3, -0.25) is 4.90 Å². The van der Waals surface area contributed by atoms with Crippen LogP contribution in [0.2, 0.25) is 0 Å². The van der Waals surface area contributed by atoms with Gasteiger partial charge in [-0.15, -0.1) is 0 Å². The van der Waals surface area contributed by atoms with Crippen molar-refractivity contribution in [2.75, 3.05) is 9.80 Å². The summed E-state index contributed by atoms with van der Waals surface area (Å²) >= 11 is 0. The van der Waals surface area contributed by atoms with Gasteiger partial charge in [0.1, 0.15) is 5.82 Å². The predicted octanol–water partition coefficient (Wildman–Crippen LogP) is 15.8. The summed E-state index contributed by atoms with van der Waals surface area (Å²) in [5.41, 5.74) is 14.6. The molecule has 0 saturated carbocycles. The smallest absolute Gasteiger partial charge is 0.162 e. The lowest BCUT2D eigenvalue weighted by atomic mass is 9.97. The summed E-state index contributed by atoms with van der Waals surface area (Å²) in [5.74, 6) is 1.40. The van der Waals surface area contributed by atoms with Crippen LogP contribution in [0.4, 0.5) is 34.3 Å². The van der Waals surface area contributed by atoms with Crippen LogP contribution in [0.15, 0.2) is 255 Å². The fourth-order valence-corrected chi connectivity index (χ4v) is 8.11. The summed E-state index contributed by atoms with van der Waals surface area (Å²) in [5, 5.41) is 0. The fraction of sp³-hybridized carbons (Fsp3) is 0. The Kier molecular flexibility index (Phi) is 10.7. The molecular formula is C58H42N4. The molecule has 10 aromatic rings. The number of aromatic nitrogens is 2. The van der Waals surface area contributed by atoms with Gasteiger partial charge in [-0.05, 0) is 76.3 Å². The first-order valence-electron chi connectivity index (χ1n) is 20.9. The van der Waals surface area contributed by atoms with Crippen molar-refractivity contribution in [2.45, 2.75) is 0 Å². The van der Waals surface area contributed by atoms with E-state index in [1.165, 1.54) is 5.56 Å². The second-order valence-electron chi connectivity index (χ2n) is 15.0. The third kappa shape index (κ3) is 7.89. The molecule has 0 amide bonds. The van der Waals surface area contributed by atoms with Gasteiger partial charge in [0.25, 0.3) is 0 Å². The summed E-state index contributed by atoms with van der Waals surface area (Å²) in [6, 6.07) is 89.4. The van der Waals surface area contributed by atoms with E-state index in [0.29, 0.717) is 5.82 Å². The lowest BCUT2D eigenvalue weighted by Crippen LogP contribution is -2.17. The second-order valence-corrected chi connectivity index (χ2v) is 15.0. The van der Waals surface area contributed by atoms with Crippen LogP contribution in [0.5, 0.6) is 0 Å². The van der Waals surface area contributed by atoms with E-state index in [9.17, 15) is 0 Å². The highest BCUT2D eigenvalue weighted by atomic mass is 15.2. The summed E-state index contributed by atoms with van der Waals surface area (Å²) in [4.78, 5) is 15.2. The molecule has 0 saturated heterocycles. The van der Waals surface area contributed by atoms with Gasteiger partial charge < -0.3 is 4.90 Å². The molecule has 4 nitrogen and oxygen atoms in total. The first-order valence-corrected chi connectivity index (χ1v) is 20.9. The summed E-state index contributed by atoms with van der Waals surface area (Å²) in [6.07, 6.45) is 0. The van der Waals surface area contributed by atoms with E-state index in [4.69, 9.17) is 9.97 Å². The Morgan fingerprint density at radius 2 is 0.677 bits per heavy atom. The second kappa shape index (κ2) is 17.5. The van der Waals surface area contributed by atoms with Crippen LogP contribution in [0.3, 0.4) is 0 Å². The number of hydrogen-bond donors (Lipinski definition) is 0. The highest BCUT2D eigenvalue weighted by Crippen LogP contribution is 2.49. The molecule has 0 radical (unpaired) electrons. The van der Waals surface area contributed by atoms with E-state index < -0.39 is 0 Å². The first-order chi connectivity index (χ1) is 30.8. The van der Waals surface area contributed by atoms with Crippen LogP contribution < -0.4 is 9.80 Å². The minimum absolute atomic E-state index is 0.651. The van der Waals surface area contributed by atoms with Gasteiger partial charge in [0.05, 0.1) is 17.1 Å². The van der Waals surface area contributed by atoms with Gasteiger partial charge in [0.15, 0.2) is 5.82 Å². The van der Waals surface area contributed by atoms with Crippen LogP contribution >= 0.6 is 0 Å². The van der Waals surface area contributed by atoms with E-state index >= 15 is 0 Å². The number of hydrogen-bond acceptors (Lipinski definition) is 4. The van der Waals surface area contributed by atoms with Crippen LogP contribution in [0.25, 0.3) is 56.0 Å². The molecule has 0 spiro atoms. The third-order valence-corrected chi connectivity index (χ3v) is 11.1. The standard InChI is InChI=1S/C58H42N4/c1-7-21-43(22-8-1)45-37-39-51(40-38-45)61(52-34-19-31-49(41-52)44-23-9-2-10-24-44)54-35-20-36-55(57(54)47-27-13-4-14-28-47)62(50-32-17-6-18-33-50)56-42-53(46-25-11-3-12-26-46)59-58(60-56)48-29-15-5-16-30-48/h1-42H. The van der Waals surface area contributed by atoms with E-state index in [0.717, 1.165) is 78.9 Å². The lowest BCUT2D eigenvalue weighted by Gasteiger charge is -2.33. The molecule has 62 heavy (non-hydrogen) atoms. The van der Waals surface area contributed by atoms with Crippen molar-refractivity contribution < 1.29 is 0 Å². The van der Waals surface area contributed by atoms with Crippen molar-refractivity contribution in [3.8, 4) is 56.0 Å². The third-order valence-electron chi connectivity index (χ3n) is 11.1. The number of benzene rings is 9. The SMILES string of the molecule is c1ccc(-c2ccc(N(c3cccc(-c4ccccc4)c3)c3cccc(N(c4ccccc4)c4cc(-c5ccccc5)nc(-c5ccccc5)n4)c3-c3ccccc3)cc2)cc1. The molecule has 0 unspecified atom stereocenters. The molecule has 4 heteroatoms. The van der Waals surface area contributed by atoms with Crippen molar-refractivity contribution in [1.82, 2.24) is 9.97 Å². The first kappa shape index (κ1) is 37.9. The van der Waals surface area contributed by atoms with Crippen LogP contribution in [-0.4, -0.2) is 9.97 Å². The Morgan fingerprint density at radius 1 is 0.258 bits per heavy atom. The van der Waals surface area contributed by atoms with Crippen molar-refractivity contribution in [1.29, 1.82) is 0 Å². The highest BCUT2D eigenvalue weighted by Gasteiger charge is 2.26. The topological polar surface area (TPSA) is 32.3 Å². The maximum Gasteiger partial charge on any atom is 0.162 e. The molecule has 0 aliphatic carbocycles.